The van der Waals surface area contributed by atoms with Crippen LogP contribution in [0.15, 0.2) is 71.7 Å². The quantitative estimate of drug-likeness (QED) is 0.492. The van der Waals surface area contributed by atoms with Crippen molar-refractivity contribution in [2.24, 2.45) is 0 Å². The summed E-state index contributed by atoms with van der Waals surface area (Å²) in [5.41, 5.74) is 1.49. The highest BCUT2D eigenvalue weighted by Gasteiger charge is 2.14. The molecule has 2 aromatic heterocycles. The molecule has 150 valence electrons. The van der Waals surface area contributed by atoms with Gasteiger partial charge in [0.15, 0.2) is 16.8 Å². The number of pyridine rings is 1. The van der Waals surface area contributed by atoms with E-state index in [-0.39, 0.29) is 5.56 Å². The minimum absolute atomic E-state index is 0.0352. The Balaban J connectivity index is 1.46. The van der Waals surface area contributed by atoms with Crippen LogP contribution in [0.25, 0.3) is 11.3 Å². The molecule has 2 N–H and O–H groups in total. The van der Waals surface area contributed by atoms with Crippen LogP contribution < -0.4 is 10.9 Å². The van der Waals surface area contributed by atoms with E-state index in [9.17, 15) is 18.4 Å². The number of anilines is 1. The molecule has 0 saturated carbocycles. The van der Waals surface area contributed by atoms with Crippen molar-refractivity contribution in [2.45, 2.75) is 6.42 Å². The Kier molecular flexibility index (Phi) is 5.49. The topological polar surface area (TPSA) is 74.8 Å². The van der Waals surface area contributed by atoms with Crippen LogP contribution in [0.1, 0.15) is 20.8 Å². The van der Waals surface area contributed by atoms with E-state index in [4.69, 9.17) is 0 Å². The van der Waals surface area contributed by atoms with Gasteiger partial charge >= 0.3 is 0 Å². The van der Waals surface area contributed by atoms with Crippen LogP contribution in [0.3, 0.4) is 0 Å². The van der Waals surface area contributed by atoms with Gasteiger partial charge in [-0.25, -0.2) is 13.8 Å². The minimum atomic E-state index is -0.913. The highest BCUT2D eigenvalue weighted by atomic mass is 32.1. The van der Waals surface area contributed by atoms with Crippen LogP contribution in [0.2, 0.25) is 0 Å². The van der Waals surface area contributed by atoms with Crippen molar-refractivity contribution in [3.8, 4) is 11.3 Å². The molecule has 0 aliphatic heterocycles. The standard InChI is InChI=1S/C22H15F2N3O2S/c23-17-8-6-13(11-18(17)24)10-15-12-25-22(30-15)27-21(29)16-7-9-19(26-20(16)28)14-4-2-1-3-5-14/h1-9,11-12H,10H2,(H,26,28)(H,25,27,29). The van der Waals surface area contributed by atoms with E-state index < -0.39 is 23.1 Å². The zero-order valence-corrected chi connectivity index (χ0v) is 16.3. The van der Waals surface area contributed by atoms with Crippen molar-refractivity contribution in [3.63, 3.8) is 0 Å². The summed E-state index contributed by atoms with van der Waals surface area (Å²) in [6.07, 6.45) is 1.89. The molecule has 0 saturated heterocycles. The maximum absolute atomic E-state index is 13.3. The van der Waals surface area contributed by atoms with Gasteiger partial charge in [-0.05, 0) is 35.4 Å². The summed E-state index contributed by atoms with van der Waals surface area (Å²) in [5, 5.41) is 2.91. The molecular formula is C22H15F2N3O2S. The van der Waals surface area contributed by atoms with Gasteiger partial charge in [0.1, 0.15) is 5.56 Å². The first-order chi connectivity index (χ1) is 14.5. The van der Waals surface area contributed by atoms with Crippen molar-refractivity contribution in [2.75, 3.05) is 5.32 Å². The van der Waals surface area contributed by atoms with Crippen LogP contribution in [0.4, 0.5) is 13.9 Å². The third-order valence-corrected chi connectivity index (χ3v) is 5.29. The third-order valence-electron chi connectivity index (χ3n) is 4.38. The van der Waals surface area contributed by atoms with Crippen molar-refractivity contribution >= 4 is 22.4 Å². The van der Waals surface area contributed by atoms with E-state index in [2.05, 4.69) is 15.3 Å². The Morgan fingerprint density at radius 2 is 1.83 bits per heavy atom. The van der Waals surface area contributed by atoms with Crippen LogP contribution in [-0.2, 0) is 6.42 Å². The lowest BCUT2D eigenvalue weighted by Crippen LogP contribution is -2.23. The fourth-order valence-corrected chi connectivity index (χ4v) is 3.74. The predicted molar refractivity (Wildman–Crippen MR) is 112 cm³/mol. The summed E-state index contributed by atoms with van der Waals surface area (Å²) in [5.74, 6) is -2.40. The molecule has 2 heterocycles. The number of halogens is 2. The molecule has 0 unspecified atom stereocenters. The molecule has 0 aliphatic rings. The second-order valence-corrected chi connectivity index (χ2v) is 7.61. The molecule has 0 aliphatic carbocycles. The van der Waals surface area contributed by atoms with E-state index in [1.807, 2.05) is 30.3 Å². The van der Waals surface area contributed by atoms with Gasteiger partial charge < -0.3 is 4.98 Å². The van der Waals surface area contributed by atoms with Crippen molar-refractivity contribution in [3.05, 3.63) is 105 Å². The van der Waals surface area contributed by atoms with E-state index in [0.717, 1.165) is 22.6 Å². The number of aromatic amines is 1. The molecule has 8 heteroatoms. The summed E-state index contributed by atoms with van der Waals surface area (Å²) in [7, 11) is 0. The van der Waals surface area contributed by atoms with Gasteiger partial charge in [0.2, 0.25) is 0 Å². The third kappa shape index (κ3) is 4.33. The highest BCUT2D eigenvalue weighted by Crippen LogP contribution is 2.22. The number of thiazole rings is 1. The zero-order chi connectivity index (χ0) is 21.1. The molecule has 0 spiro atoms. The van der Waals surface area contributed by atoms with E-state index in [1.54, 1.807) is 12.3 Å². The number of hydrogen-bond donors (Lipinski definition) is 2. The van der Waals surface area contributed by atoms with Crippen molar-refractivity contribution in [1.29, 1.82) is 0 Å². The number of carbonyl (C=O) groups is 1. The fraction of sp³-hybridized carbons (Fsp3) is 0.0455. The lowest BCUT2D eigenvalue weighted by atomic mass is 10.1. The Hall–Kier alpha value is -3.65. The molecule has 0 fully saturated rings. The zero-order valence-electron chi connectivity index (χ0n) is 15.5. The number of carbonyl (C=O) groups excluding carboxylic acids is 1. The number of benzene rings is 2. The number of hydrogen-bond acceptors (Lipinski definition) is 4. The molecule has 4 aromatic rings. The molecule has 0 bridgehead atoms. The monoisotopic (exact) mass is 423 g/mol. The second kappa shape index (κ2) is 8.38. The Morgan fingerprint density at radius 3 is 2.57 bits per heavy atom. The summed E-state index contributed by atoms with van der Waals surface area (Å²) in [4.78, 5) is 32.4. The first kappa shape index (κ1) is 19.7. The Labute approximate surface area is 174 Å². The molecular weight excluding hydrogens is 408 g/mol. The lowest BCUT2D eigenvalue weighted by molar-refractivity contribution is 0.102. The minimum Gasteiger partial charge on any atom is -0.321 e. The summed E-state index contributed by atoms with van der Waals surface area (Å²) < 4.78 is 26.4. The number of aromatic nitrogens is 2. The van der Waals surface area contributed by atoms with Gasteiger partial charge in [-0.1, -0.05) is 36.4 Å². The second-order valence-electron chi connectivity index (χ2n) is 6.49. The van der Waals surface area contributed by atoms with Gasteiger partial charge in [-0.15, -0.1) is 11.3 Å². The van der Waals surface area contributed by atoms with Crippen LogP contribution in [-0.4, -0.2) is 15.9 Å². The number of nitrogens with zero attached hydrogens (tertiary/aromatic N) is 1. The number of nitrogens with one attached hydrogen (secondary N) is 2. The Morgan fingerprint density at radius 1 is 1.03 bits per heavy atom. The maximum atomic E-state index is 13.3. The highest BCUT2D eigenvalue weighted by molar-refractivity contribution is 7.15. The SMILES string of the molecule is O=C(Nc1ncc(Cc2ccc(F)c(F)c2)s1)c1ccc(-c2ccccc2)[nH]c1=O. The Bertz CT molecular complexity index is 1270. The molecule has 0 atom stereocenters. The van der Waals surface area contributed by atoms with Gasteiger partial charge in [0.25, 0.3) is 11.5 Å². The number of H-pyrrole nitrogens is 1. The summed E-state index contributed by atoms with van der Waals surface area (Å²) >= 11 is 1.20. The van der Waals surface area contributed by atoms with E-state index in [1.165, 1.54) is 23.5 Å². The first-order valence-corrected chi connectivity index (χ1v) is 9.80. The average molecular weight is 423 g/mol. The number of rotatable bonds is 5. The largest absolute Gasteiger partial charge is 0.321 e. The molecule has 1 amide bonds. The normalized spacial score (nSPS) is 10.7. The number of amides is 1. The maximum Gasteiger partial charge on any atom is 0.263 e. The van der Waals surface area contributed by atoms with Gasteiger partial charge in [0, 0.05) is 23.2 Å². The van der Waals surface area contributed by atoms with Crippen molar-refractivity contribution < 1.29 is 13.6 Å². The molecule has 4 rings (SSSR count). The van der Waals surface area contributed by atoms with Crippen LogP contribution in [0.5, 0.6) is 0 Å². The molecule has 0 radical (unpaired) electrons. The van der Waals surface area contributed by atoms with Gasteiger partial charge in [0.05, 0.1) is 0 Å². The summed E-state index contributed by atoms with van der Waals surface area (Å²) in [6, 6.07) is 16.1. The predicted octanol–water partition coefficient (Wildman–Crippen LogP) is 4.62. The molecule has 30 heavy (non-hydrogen) atoms. The average Bonchev–Trinajstić information content (AvgIpc) is 3.18. The van der Waals surface area contributed by atoms with Gasteiger partial charge in [-0.3, -0.25) is 14.9 Å². The molecule has 2 aromatic carbocycles. The van der Waals surface area contributed by atoms with Gasteiger partial charge in [-0.2, -0.15) is 0 Å². The van der Waals surface area contributed by atoms with E-state index in [0.29, 0.717) is 22.8 Å². The summed E-state index contributed by atoms with van der Waals surface area (Å²) in [6.45, 7) is 0. The smallest absolute Gasteiger partial charge is 0.263 e. The van der Waals surface area contributed by atoms with Crippen LogP contribution >= 0.6 is 11.3 Å². The first-order valence-electron chi connectivity index (χ1n) is 8.98. The van der Waals surface area contributed by atoms with E-state index >= 15 is 0 Å². The molecule has 5 nitrogen and oxygen atoms in total. The van der Waals surface area contributed by atoms with Crippen LogP contribution in [0, 0.1) is 11.6 Å². The lowest BCUT2D eigenvalue weighted by Gasteiger charge is -2.04. The fourth-order valence-electron chi connectivity index (χ4n) is 2.90. The van der Waals surface area contributed by atoms with Crippen molar-refractivity contribution in [1.82, 2.24) is 9.97 Å².